The number of hydrogen-bond acceptors (Lipinski definition) is 3. The summed E-state index contributed by atoms with van der Waals surface area (Å²) >= 11 is 0. The van der Waals surface area contributed by atoms with Crippen molar-refractivity contribution in [2.45, 2.75) is 13.5 Å². The van der Waals surface area contributed by atoms with E-state index in [1.807, 2.05) is 35.8 Å². The van der Waals surface area contributed by atoms with Crippen LogP contribution in [0.5, 0.6) is 0 Å². The second-order valence-electron chi connectivity index (χ2n) is 2.76. The number of rotatable bonds is 4. The molecular weight excluding hydrogens is 182 g/mol. The average Bonchev–Trinajstić information content (AvgIpc) is 2.19. The fourth-order valence-corrected chi connectivity index (χ4v) is 0.831. The Balaban J connectivity index is 2.29. The topological polar surface area (TPSA) is 55.4 Å². The van der Waals surface area contributed by atoms with Crippen LogP contribution < -0.4 is 5.48 Å². The molecule has 4 nitrogen and oxygen atoms in total. The number of benzene rings is 1. The summed E-state index contributed by atoms with van der Waals surface area (Å²) in [5.41, 5.74) is 2.97. The van der Waals surface area contributed by atoms with Crippen molar-refractivity contribution >= 4 is 11.7 Å². The van der Waals surface area contributed by atoms with Gasteiger partial charge in [0.2, 0.25) is 5.78 Å². The van der Waals surface area contributed by atoms with E-state index in [0.717, 1.165) is 5.56 Å². The standard InChI is InChI=1S/C10H11NO3/c1-8(12)10(13)11-14-7-9-5-3-2-4-6-9/h2-6H,7H2,1H3,(H,11,13). The zero-order chi connectivity index (χ0) is 10.4. The monoisotopic (exact) mass is 193 g/mol. The van der Waals surface area contributed by atoms with Crippen molar-refractivity contribution in [2.75, 3.05) is 0 Å². The van der Waals surface area contributed by atoms with Crippen molar-refractivity contribution in [3.8, 4) is 0 Å². The molecular formula is C10H11NO3. The van der Waals surface area contributed by atoms with Gasteiger partial charge in [-0.3, -0.25) is 14.4 Å². The number of ketones is 1. The minimum atomic E-state index is -0.735. The van der Waals surface area contributed by atoms with Gasteiger partial charge in [-0.1, -0.05) is 30.3 Å². The quantitative estimate of drug-likeness (QED) is 0.569. The molecule has 0 aliphatic heterocycles. The Bertz CT molecular complexity index is 321. The predicted octanol–water partition coefficient (Wildman–Crippen LogP) is 0.823. The van der Waals surface area contributed by atoms with Gasteiger partial charge in [0.1, 0.15) is 0 Å². The molecule has 1 N–H and O–H groups in total. The van der Waals surface area contributed by atoms with E-state index in [1.54, 1.807) is 0 Å². The molecule has 1 rings (SSSR count). The van der Waals surface area contributed by atoms with Crippen molar-refractivity contribution in [3.05, 3.63) is 35.9 Å². The summed E-state index contributed by atoms with van der Waals surface area (Å²) in [7, 11) is 0. The van der Waals surface area contributed by atoms with Gasteiger partial charge in [-0.15, -0.1) is 0 Å². The van der Waals surface area contributed by atoms with Crippen LogP contribution >= 0.6 is 0 Å². The fraction of sp³-hybridized carbons (Fsp3) is 0.200. The number of Topliss-reactive ketones (excluding diaryl/α,β-unsaturated/α-hetero) is 1. The molecule has 0 saturated carbocycles. The van der Waals surface area contributed by atoms with Gasteiger partial charge in [0, 0.05) is 6.92 Å². The Labute approximate surface area is 81.8 Å². The first-order valence-electron chi connectivity index (χ1n) is 4.17. The van der Waals surface area contributed by atoms with Gasteiger partial charge < -0.3 is 0 Å². The Morgan fingerprint density at radius 1 is 1.29 bits per heavy atom. The number of nitrogens with one attached hydrogen (secondary N) is 1. The Morgan fingerprint density at radius 2 is 1.93 bits per heavy atom. The molecule has 1 aromatic rings. The van der Waals surface area contributed by atoms with Gasteiger partial charge in [0.05, 0.1) is 6.61 Å². The third-order valence-corrected chi connectivity index (χ3v) is 1.57. The highest BCUT2D eigenvalue weighted by Gasteiger charge is 2.05. The van der Waals surface area contributed by atoms with Crippen molar-refractivity contribution in [1.82, 2.24) is 5.48 Å². The zero-order valence-electron chi connectivity index (χ0n) is 7.82. The van der Waals surface area contributed by atoms with Crippen LogP contribution in [-0.2, 0) is 21.0 Å². The summed E-state index contributed by atoms with van der Waals surface area (Å²) in [5.74, 6) is -1.31. The van der Waals surface area contributed by atoms with Crippen molar-refractivity contribution in [2.24, 2.45) is 0 Å². The molecule has 0 spiro atoms. The first-order valence-corrected chi connectivity index (χ1v) is 4.17. The third-order valence-electron chi connectivity index (χ3n) is 1.57. The largest absolute Gasteiger partial charge is 0.310 e. The minimum absolute atomic E-state index is 0.250. The van der Waals surface area contributed by atoms with Crippen LogP contribution in [0.15, 0.2) is 30.3 Å². The smallest absolute Gasteiger partial charge is 0.289 e. The highest BCUT2D eigenvalue weighted by molar-refractivity contribution is 6.34. The summed E-state index contributed by atoms with van der Waals surface area (Å²) < 4.78 is 0. The van der Waals surface area contributed by atoms with E-state index in [-0.39, 0.29) is 6.61 Å². The van der Waals surface area contributed by atoms with Gasteiger partial charge in [0.15, 0.2) is 0 Å². The van der Waals surface area contributed by atoms with E-state index in [9.17, 15) is 9.59 Å². The van der Waals surface area contributed by atoms with Crippen LogP contribution in [0.4, 0.5) is 0 Å². The highest BCUT2D eigenvalue weighted by Crippen LogP contribution is 1.98. The van der Waals surface area contributed by atoms with Gasteiger partial charge in [-0.2, -0.15) is 0 Å². The van der Waals surface area contributed by atoms with Crippen molar-refractivity contribution in [3.63, 3.8) is 0 Å². The van der Waals surface area contributed by atoms with E-state index in [0.29, 0.717) is 0 Å². The number of amides is 1. The molecule has 0 fully saturated rings. The van der Waals surface area contributed by atoms with E-state index in [1.165, 1.54) is 6.92 Å². The number of hydroxylamine groups is 1. The van der Waals surface area contributed by atoms with E-state index < -0.39 is 11.7 Å². The van der Waals surface area contributed by atoms with E-state index in [2.05, 4.69) is 0 Å². The summed E-state index contributed by atoms with van der Waals surface area (Å²) in [4.78, 5) is 26.1. The molecule has 0 heterocycles. The van der Waals surface area contributed by atoms with Crippen molar-refractivity contribution < 1.29 is 14.4 Å². The van der Waals surface area contributed by atoms with Crippen molar-refractivity contribution in [1.29, 1.82) is 0 Å². The SMILES string of the molecule is CC(=O)C(=O)NOCc1ccccc1. The summed E-state index contributed by atoms with van der Waals surface area (Å²) in [6.07, 6.45) is 0. The van der Waals surface area contributed by atoms with Crippen LogP contribution in [0.2, 0.25) is 0 Å². The van der Waals surface area contributed by atoms with Gasteiger partial charge in [-0.25, -0.2) is 5.48 Å². The normalized spacial score (nSPS) is 9.50. The number of hydrogen-bond donors (Lipinski definition) is 1. The molecule has 0 bridgehead atoms. The molecule has 1 aromatic carbocycles. The molecule has 0 saturated heterocycles. The Kier molecular flexibility index (Phi) is 3.82. The van der Waals surface area contributed by atoms with Crippen LogP contribution in [0, 0.1) is 0 Å². The molecule has 4 heteroatoms. The van der Waals surface area contributed by atoms with Gasteiger partial charge in [0.25, 0.3) is 0 Å². The molecule has 0 aliphatic rings. The lowest BCUT2D eigenvalue weighted by atomic mass is 10.2. The maximum Gasteiger partial charge on any atom is 0.310 e. The summed E-state index contributed by atoms with van der Waals surface area (Å²) in [5, 5.41) is 0. The minimum Gasteiger partial charge on any atom is -0.289 e. The summed E-state index contributed by atoms with van der Waals surface area (Å²) in [6, 6.07) is 9.34. The first-order chi connectivity index (χ1) is 6.70. The van der Waals surface area contributed by atoms with Crippen LogP contribution in [0.1, 0.15) is 12.5 Å². The van der Waals surface area contributed by atoms with Crippen LogP contribution in [0.3, 0.4) is 0 Å². The van der Waals surface area contributed by atoms with E-state index in [4.69, 9.17) is 4.84 Å². The molecule has 1 amide bonds. The van der Waals surface area contributed by atoms with Gasteiger partial charge >= 0.3 is 5.91 Å². The summed E-state index contributed by atoms with van der Waals surface area (Å²) in [6.45, 7) is 1.43. The van der Waals surface area contributed by atoms with E-state index >= 15 is 0 Å². The lowest BCUT2D eigenvalue weighted by molar-refractivity contribution is -0.145. The molecule has 0 aliphatic carbocycles. The van der Waals surface area contributed by atoms with Crippen LogP contribution in [0.25, 0.3) is 0 Å². The molecule has 0 atom stereocenters. The lowest BCUT2D eigenvalue weighted by Gasteiger charge is -2.03. The Morgan fingerprint density at radius 3 is 2.50 bits per heavy atom. The maximum atomic E-state index is 10.7. The zero-order valence-corrected chi connectivity index (χ0v) is 7.82. The second kappa shape index (κ2) is 5.14. The molecule has 0 radical (unpaired) electrons. The molecule has 74 valence electrons. The fourth-order valence-electron chi connectivity index (χ4n) is 0.831. The van der Waals surface area contributed by atoms with Crippen LogP contribution in [-0.4, -0.2) is 11.7 Å². The van der Waals surface area contributed by atoms with Gasteiger partial charge in [-0.05, 0) is 5.56 Å². The maximum absolute atomic E-state index is 10.7. The molecule has 0 unspecified atom stereocenters. The average molecular weight is 193 g/mol. The first kappa shape index (κ1) is 10.4. The number of carbonyl (C=O) groups is 2. The Hall–Kier alpha value is -1.68. The predicted molar refractivity (Wildman–Crippen MR) is 50.1 cm³/mol. The molecule has 14 heavy (non-hydrogen) atoms. The second-order valence-corrected chi connectivity index (χ2v) is 2.76. The highest BCUT2D eigenvalue weighted by atomic mass is 16.7. The third kappa shape index (κ3) is 3.37. The number of carbonyl (C=O) groups excluding carboxylic acids is 2. The lowest BCUT2D eigenvalue weighted by Crippen LogP contribution is -2.29. The molecule has 0 aromatic heterocycles.